The Labute approximate surface area is 832 Å². The third-order valence-corrected chi connectivity index (χ3v) is 27.0. The third-order valence-electron chi connectivity index (χ3n) is 27.0. The molecule has 12 aliphatic rings. The van der Waals surface area contributed by atoms with Gasteiger partial charge < -0.3 is 299 Å². The second kappa shape index (κ2) is 52.8. The van der Waals surface area contributed by atoms with E-state index in [1.807, 2.05) is 0 Å². The van der Waals surface area contributed by atoms with Crippen LogP contribution in [-0.2, 0) is 133 Å². The van der Waals surface area contributed by atoms with Gasteiger partial charge in [0.1, 0.15) is 287 Å². The lowest BCUT2D eigenvalue weighted by molar-refractivity contribution is -0.399. The van der Waals surface area contributed by atoms with Gasteiger partial charge in [0.2, 0.25) is 29.5 Å². The first kappa shape index (κ1) is 121. The molecule has 60 atom stereocenters. The molecule has 0 aromatic carbocycles. The van der Waals surface area contributed by atoms with E-state index in [1.165, 1.54) is 6.92 Å². The van der Waals surface area contributed by atoms with Crippen molar-refractivity contribution in [2.24, 2.45) is 0 Å². The van der Waals surface area contributed by atoms with E-state index in [-0.39, 0.29) is 0 Å². The van der Waals surface area contributed by atoms with Crippen molar-refractivity contribution in [2.45, 2.75) is 410 Å². The van der Waals surface area contributed by atoms with Gasteiger partial charge in [-0.15, -0.1) is 0 Å². The smallest absolute Gasteiger partial charge is 0.217 e. The maximum absolute atomic E-state index is 13.5. The Morgan fingerprint density at radius 1 is 0.190 bits per heavy atom. The Hall–Kier alpha value is -4.85. The Kier molecular flexibility index (Phi) is 43.4. The van der Waals surface area contributed by atoms with Crippen molar-refractivity contribution in [2.75, 3.05) is 72.7 Å². The molecule has 0 aliphatic carbocycles. The largest absolute Gasteiger partial charge is 0.394 e. The molecule has 147 heavy (non-hydrogen) atoms. The van der Waals surface area contributed by atoms with E-state index < -0.39 is 470 Å². The van der Waals surface area contributed by atoms with Gasteiger partial charge in [0.15, 0.2) is 75.5 Å². The lowest BCUT2D eigenvalue weighted by Gasteiger charge is -2.51. The maximum atomic E-state index is 13.5. The van der Waals surface area contributed by atoms with Gasteiger partial charge in [0, 0.05) is 34.6 Å². The van der Waals surface area contributed by atoms with Crippen LogP contribution in [0.2, 0.25) is 0 Å². The highest BCUT2D eigenvalue weighted by Crippen LogP contribution is 2.42. The Bertz CT molecular complexity index is 4110. The van der Waals surface area contributed by atoms with Crippen molar-refractivity contribution in [3.63, 3.8) is 0 Å². The Morgan fingerprint density at radius 3 is 0.789 bits per heavy atom. The van der Waals surface area contributed by atoms with Gasteiger partial charge in [-0.1, -0.05) is 0 Å². The van der Waals surface area contributed by atoms with Crippen molar-refractivity contribution in [3.05, 3.63) is 0 Å². The Morgan fingerprint density at radius 2 is 0.422 bits per heavy atom. The van der Waals surface area contributed by atoms with Crippen LogP contribution in [0, 0.1) is 0 Å². The molecule has 37 N–H and O–H groups in total. The fourth-order valence-electron chi connectivity index (χ4n) is 19.1. The maximum Gasteiger partial charge on any atom is 0.217 e. The van der Waals surface area contributed by atoms with Gasteiger partial charge in [0.05, 0.1) is 78.8 Å². The zero-order valence-electron chi connectivity index (χ0n) is 79.2. The molecule has 12 rings (SSSR count). The molecule has 65 heteroatoms. The second-order valence-corrected chi connectivity index (χ2v) is 37.4. The fraction of sp³-hybridized carbons (Fsp3) is 0.939. The van der Waals surface area contributed by atoms with Gasteiger partial charge in [-0.2, -0.15) is 0 Å². The van der Waals surface area contributed by atoms with Crippen LogP contribution < -0.4 is 26.6 Å². The predicted octanol–water partition coefficient (Wildman–Crippen LogP) is -25.4. The van der Waals surface area contributed by atoms with Crippen LogP contribution in [0.25, 0.3) is 0 Å². The summed E-state index contributed by atoms with van der Waals surface area (Å²) in [5, 5.41) is 373. The fourth-order valence-corrected chi connectivity index (χ4v) is 19.1. The molecule has 0 bridgehead atoms. The molecule has 12 fully saturated rings. The van der Waals surface area contributed by atoms with E-state index in [4.69, 9.17) is 109 Å². The van der Waals surface area contributed by atoms with Crippen LogP contribution in [0.15, 0.2) is 0 Å². The van der Waals surface area contributed by atoms with Crippen LogP contribution >= 0.6 is 0 Å². The summed E-state index contributed by atoms with van der Waals surface area (Å²) < 4.78 is 138. The highest BCUT2D eigenvalue weighted by Gasteiger charge is 2.63. The quantitative estimate of drug-likeness (QED) is 0.0273. The molecule has 5 amide bonds. The van der Waals surface area contributed by atoms with Crippen LogP contribution in [0.1, 0.15) is 41.5 Å². The van der Waals surface area contributed by atoms with Crippen LogP contribution in [0.4, 0.5) is 0 Å². The molecule has 12 heterocycles. The van der Waals surface area contributed by atoms with Crippen molar-refractivity contribution >= 4 is 29.5 Å². The van der Waals surface area contributed by atoms with E-state index in [9.17, 15) is 187 Å². The molecule has 0 spiro atoms. The molecule has 65 nitrogen and oxygen atoms in total. The third kappa shape index (κ3) is 27.0. The number of aliphatic hydroxyl groups excluding tert-OH is 32. The van der Waals surface area contributed by atoms with E-state index in [2.05, 4.69) is 26.6 Å². The second-order valence-electron chi connectivity index (χ2n) is 37.4. The molecule has 12 saturated heterocycles. The molecule has 0 aromatic rings. The molecular weight excluding hydrogens is 2010 g/mol. The van der Waals surface area contributed by atoms with Gasteiger partial charge in [-0.05, 0) is 6.92 Å². The lowest BCUT2D eigenvalue weighted by atomic mass is 9.93. The number of carbonyl (C=O) groups excluding carboxylic acids is 5. The van der Waals surface area contributed by atoms with Crippen molar-refractivity contribution in [3.8, 4) is 0 Å². The molecule has 0 radical (unpaired) electrons. The number of ether oxygens (including phenoxy) is 23. The van der Waals surface area contributed by atoms with E-state index in [1.54, 1.807) is 0 Å². The summed E-state index contributed by atoms with van der Waals surface area (Å²) in [6, 6.07) is -9.96. The van der Waals surface area contributed by atoms with Crippen LogP contribution in [0.3, 0.4) is 0 Å². The number of carbonyl (C=O) groups is 5. The zero-order valence-corrected chi connectivity index (χ0v) is 79.2. The van der Waals surface area contributed by atoms with Gasteiger partial charge in [0.25, 0.3) is 0 Å². The van der Waals surface area contributed by atoms with Crippen LogP contribution in [0.5, 0.6) is 0 Å². The molecular formula is C82H137N5O60. The highest BCUT2D eigenvalue weighted by molar-refractivity contribution is 5.75. The van der Waals surface area contributed by atoms with Crippen LogP contribution in [-0.4, -0.2) is 634 Å². The van der Waals surface area contributed by atoms with Crippen molar-refractivity contribution in [1.29, 1.82) is 0 Å². The monoisotopic (exact) mass is 2150 g/mol. The molecule has 12 aliphatic heterocycles. The van der Waals surface area contributed by atoms with Crippen molar-refractivity contribution < 1.29 is 296 Å². The normalized spacial score (nSPS) is 49.6. The van der Waals surface area contributed by atoms with E-state index in [0.29, 0.717) is 0 Å². The molecule has 0 saturated carbocycles. The first-order valence-corrected chi connectivity index (χ1v) is 47.0. The first-order valence-electron chi connectivity index (χ1n) is 47.0. The van der Waals surface area contributed by atoms with Gasteiger partial charge >= 0.3 is 0 Å². The van der Waals surface area contributed by atoms with Gasteiger partial charge in [-0.25, -0.2) is 0 Å². The number of hydrogen-bond donors (Lipinski definition) is 37. The first-order chi connectivity index (χ1) is 69.5. The minimum Gasteiger partial charge on any atom is -0.394 e. The summed E-state index contributed by atoms with van der Waals surface area (Å²) in [4.78, 5) is 65.6. The number of rotatable bonds is 38. The number of hydrogen-bond acceptors (Lipinski definition) is 60. The summed E-state index contributed by atoms with van der Waals surface area (Å²) >= 11 is 0. The predicted molar refractivity (Wildman–Crippen MR) is 452 cm³/mol. The molecule has 0 aromatic heterocycles. The molecule has 850 valence electrons. The number of amides is 5. The zero-order chi connectivity index (χ0) is 108. The minimum atomic E-state index is -2.75. The average molecular weight is 2150 g/mol. The van der Waals surface area contributed by atoms with Gasteiger partial charge in [-0.3, -0.25) is 24.0 Å². The number of aliphatic hydroxyl groups is 32. The van der Waals surface area contributed by atoms with E-state index in [0.717, 1.165) is 34.6 Å². The summed E-state index contributed by atoms with van der Waals surface area (Å²) in [7, 11) is 0. The number of nitrogens with one attached hydrogen (secondary N) is 5. The van der Waals surface area contributed by atoms with E-state index >= 15 is 0 Å². The summed E-state index contributed by atoms with van der Waals surface area (Å²) in [5.74, 6) is -4.95. The summed E-state index contributed by atoms with van der Waals surface area (Å²) in [5.41, 5.74) is 0. The summed E-state index contributed by atoms with van der Waals surface area (Å²) in [6.45, 7) is -6.88. The molecule has 0 unspecified atom stereocenters. The lowest BCUT2D eigenvalue weighted by Crippen LogP contribution is -2.71. The topological polar surface area (TPSA) is 1010 Å². The average Bonchev–Trinajstić information content (AvgIpc) is 0.766. The highest BCUT2D eigenvalue weighted by atomic mass is 16.8. The minimum absolute atomic E-state index is 0.883. The SMILES string of the molecule is CC(=O)N[C@@H]1[C@@H](O)[C@H](O[C@@H]2O[C@H](CO)[C@@H](O[C@@H]3O[C@H](CO[C@H]4O[C@H](CO[C@H]5O[C@H](CO)[C@@H](O[C@@H]6O[C@H](CO)[C@H](O)[C@H](O)[C@H]6O)[C@H](O)[C@H]5NC(C)=O)[C@@H](O)[C@H](O)[C@@H]4O[C@@H]4O[C@H](CO)[C@@H](O[C@@H]5O[C@H](CO)[C@H](O)[C@H](O)[C@H]5O)[C@H](O)[C@H]4NC(C)=O)[C@@H](O)[C@H](O[C@H]4O[C@H](CO)[C@@H](O)[C@H](O)[C@@H]4O[C@@H]4O[C@H](CO)[C@@H](O[C@@H]5O[C@H](CO)[C@H](O)[C@H](O)[C@H]5O)[C@H](O)[C@H]4NC(C)=O)[C@@H]3O)[C@H](O)[C@H]2NC(C)=O)[C@@H](CO[C@H]2O[C@H](C)[C@H](O)[C@H](O)[C@H]2O)O[C@H]1O. The van der Waals surface area contributed by atoms with Crippen molar-refractivity contribution in [1.82, 2.24) is 26.6 Å². The standard InChI is InChI=1S/C82H137N5O60/c1-18-40(101)52(113)58(119)76(128-18)126-17-34-67(47(108)35(71(124)129-34)83-19(2)96)140-73-37(85-21(4)98)49(110)66(31(14-95)135-73)144-80-62(123)68(145-82-70(56(117)44(105)27(10-91)133-82)147-75-39(87-23(6)100)51(112)65(30(13-94)137-75)143-79-61(122)55(116)43(104)26(9-90)132-79)46(107)33(138-80)16-127-81-69(146-74-38(86-22(5)99)50(111)64(29(12-93)136-74)142-78-60(121)54(115)42(103)25(8-89)131-78)57(118)45(106)32(139-81)15-125-72-36(84-20(3)97)48(109)63(28(11-92)134-72)141-77-59(120)53(114)41(102)24(7-88)130-77/h18,24-82,88-95,101-124H,7-17H2,1-6H3,(H,83,96)(H,84,97)(H,85,98)(H,86,99)(H,87,100)/t18-,24-,25-,26-,27-,28-,29-,30-,31-,32-,33-,34-,35-,36-,37-,38-,39-,40+,41+,42+,43+,44-,45-,46-,47-,48-,49-,50-,51-,52+,53+,54+,55+,56+,57+,58-,59-,60-,61-,62+,63-,64-,65-,66-,67-,68+,69+,70+,71-,72+,73+,74+,75+,76+,77+,78+,79+,80+,81+,82-/m1/s1. The summed E-state index contributed by atoms with van der Waals surface area (Å²) in [6.07, 6.45) is -118. The Balaban J connectivity index is 0.913.